The van der Waals surface area contributed by atoms with Gasteiger partial charge in [-0.1, -0.05) is 12.1 Å². The highest BCUT2D eigenvalue weighted by Crippen LogP contribution is 2.33. The maximum Gasteiger partial charge on any atom is 0.253 e. The summed E-state index contributed by atoms with van der Waals surface area (Å²) in [5.74, 6) is 0.150. The van der Waals surface area contributed by atoms with E-state index in [0.717, 1.165) is 51.9 Å². The van der Waals surface area contributed by atoms with Gasteiger partial charge in [0.2, 0.25) is 0 Å². The minimum absolute atomic E-state index is 0.0131. The molecule has 0 aliphatic carbocycles. The summed E-state index contributed by atoms with van der Waals surface area (Å²) < 4.78 is 15.6. The van der Waals surface area contributed by atoms with Crippen LogP contribution in [-0.2, 0) is 26.4 Å². The molecular formula is C25H28FN3O. The average Bonchev–Trinajstić information content (AvgIpc) is 3.07. The van der Waals surface area contributed by atoms with Crippen molar-refractivity contribution in [3.63, 3.8) is 0 Å². The fourth-order valence-corrected chi connectivity index (χ4v) is 5.31. The maximum atomic E-state index is 13.2. The molecular weight excluding hydrogens is 377 g/mol. The zero-order chi connectivity index (χ0) is 20.7. The summed E-state index contributed by atoms with van der Waals surface area (Å²) in [6.45, 7) is 3.51. The van der Waals surface area contributed by atoms with Crippen LogP contribution in [0.4, 0.5) is 4.39 Å². The van der Waals surface area contributed by atoms with Crippen molar-refractivity contribution in [2.75, 3.05) is 19.6 Å². The fourth-order valence-electron chi connectivity index (χ4n) is 5.31. The van der Waals surface area contributed by atoms with Crippen molar-refractivity contribution in [3.05, 3.63) is 70.7 Å². The lowest BCUT2D eigenvalue weighted by Gasteiger charge is -2.33. The summed E-state index contributed by atoms with van der Waals surface area (Å²) in [5, 5.41) is 4.94. The first kappa shape index (κ1) is 19.3. The van der Waals surface area contributed by atoms with Crippen LogP contribution in [0.3, 0.4) is 0 Å². The summed E-state index contributed by atoms with van der Waals surface area (Å²) >= 11 is 0. The number of benzene rings is 2. The lowest BCUT2D eigenvalue weighted by atomic mass is 9.88. The van der Waals surface area contributed by atoms with Gasteiger partial charge in [0.25, 0.3) is 5.91 Å². The molecule has 0 spiro atoms. The number of likely N-dealkylation sites (tertiary alicyclic amines) is 1. The molecule has 1 fully saturated rings. The number of amides is 1. The third-order valence-electron chi connectivity index (χ3n) is 6.79. The van der Waals surface area contributed by atoms with E-state index in [2.05, 4.69) is 35.1 Å². The Labute approximate surface area is 176 Å². The molecule has 3 heterocycles. The van der Waals surface area contributed by atoms with E-state index in [1.165, 1.54) is 39.9 Å². The van der Waals surface area contributed by atoms with Crippen LogP contribution < -0.4 is 5.32 Å². The van der Waals surface area contributed by atoms with Crippen molar-refractivity contribution in [1.29, 1.82) is 0 Å². The molecule has 2 aromatic carbocycles. The van der Waals surface area contributed by atoms with Crippen LogP contribution in [0.15, 0.2) is 42.5 Å². The molecule has 0 radical (unpaired) electrons. The SMILES string of the molecule is Cn1c2c(c3c(CC4CCCN(C(=O)c5ccc(F)cc5)C4)cccc31)CNCC2. The van der Waals surface area contributed by atoms with E-state index in [9.17, 15) is 9.18 Å². The van der Waals surface area contributed by atoms with Crippen LogP contribution in [-0.4, -0.2) is 35.0 Å². The van der Waals surface area contributed by atoms with Gasteiger partial charge in [-0.3, -0.25) is 4.79 Å². The van der Waals surface area contributed by atoms with Gasteiger partial charge in [0.15, 0.2) is 0 Å². The van der Waals surface area contributed by atoms with Crippen LogP contribution in [0.1, 0.15) is 40.0 Å². The normalized spacial score (nSPS) is 19.1. The van der Waals surface area contributed by atoms with E-state index >= 15 is 0 Å². The number of nitrogens with one attached hydrogen (secondary N) is 1. The first-order valence-electron chi connectivity index (χ1n) is 11.0. The largest absolute Gasteiger partial charge is 0.347 e. The number of carbonyl (C=O) groups excluding carboxylic acids is 1. The Morgan fingerprint density at radius 1 is 1.20 bits per heavy atom. The number of fused-ring (bicyclic) bond motifs is 3. The van der Waals surface area contributed by atoms with Crippen molar-refractivity contribution in [2.24, 2.45) is 13.0 Å². The van der Waals surface area contributed by atoms with Crippen LogP contribution in [0.25, 0.3) is 10.9 Å². The number of aromatic nitrogens is 1. The Balaban J connectivity index is 1.39. The number of hydrogen-bond acceptors (Lipinski definition) is 2. The van der Waals surface area contributed by atoms with Crippen molar-refractivity contribution < 1.29 is 9.18 Å². The Morgan fingerprint density at radius 3 is 2.87 bits per heavy atom. The standard InChI is InChI=1S/C25H28FN3O/c1-28-22-11-12-27-15-21(22)24-19(5-2-6-23(24)28)14-17-4-3-13-29(16-17)25(30)18-7-9-20(26)10-8-18/h2,5-10,17,27H,3-4,11-16H2,1H3. The maximum absolute atomic E-state index is 13.2. The molecule has 5 heteroatoms. The Hall–Kier alpha value is -2.66. The second-order valence-corrected chi connectivity index (χ2v) is 8.69. The minimum Gasteiger partial charge on any atom is -0.347 e. The number of piperidine rings is 1. The Morgan fingerprint density at radius 2 is 2.03 bits per heavy atom. The van der Waals surface area contributed by atoms with E-state index in [1.807, 2.05) is 4.90 Å². The molecule has 4 nitrogen and oxygen atoms in total. The zero-order valence-electron chi connectivity index (χ0n) is 17.5. The van der Waals surface area contributed by atoms with Crippen molar-refractivity contribution in [3.8, 4) is 0 Å². The summed E-state index contributed by atoms with van der Waals surface area (Å²) in [6.07, 6.45) is 4.21. The van der Waals surface area contributed by atoms with Gasteiger partial charge in [0.1, 0.15) is 5.82 Å². The first-order chi connectivity index (χ1) is 14.6. The fraction of sp³-hybridized carbons (Fsp3) is 0.400. The molecule has 3 aromatic rings. The average molecular weight is 406 g/mol. The molecule has 5 rings (SSSR count). The predicted molar refractivity (Wildman–Crippen MR) is 117 cm³/mol. The molecule has 156 valence electrons. The van der Waals surface area contributed by atoms with Crippen molar-refractivity contribution in [2.45, 2.75) is 32.2 Å². The van der Waals surface area contributed by atoms with E-state index in [1.54, 1.807) is 12.1 Å². The van der Waals surface area contributed by atoms with Gasteiger partial charge in [-0.2, -0.15) is 0 Å². The summed E-state index contributed by atoms with van der Waals surface area (Å²) in [4.78, 5) is 14.9. The highest BCUT2D eigenvalue weighted by molar-refractivity contribution is 5.94. The smallest absolute Gasteiger partial charge is 0.253 e. The summed E-state index contributed by atoms with van der Waals surface area (Å²) in [7, 11) is 2.18. The van der Waals surface area contributed by atoms with Gasteiger partial charge < -0.3 is 14.8 Å². The minimum atomic E-state index is -0.308. The Bertz CT molecular complexity index is 1090. The number of aryl methyl sites for hydroxylation is 1. The van der Waals surface area contributed by atoms with Crippen molar-refractivity contribution in [1.82, 2.24) is 14.8 Å². The zero-order valence-corrected chi connectivity index (χ0v) is 17.5. The molecule has 1 aromatic heterocycles. The molecule has 1 atom stereocenters. The molecule has 0 bridgehead atoms. The molecule has 0 saturated carbocycles. The molecule has 1 saturated heterocycles. The van der Waals surface area contributed by atoms with E-state index < -0.39 is 0 Å². The summed E-state index contributed by atoms with van der Waals surface area (Å²) in [6, 6.07) is 12.6. The van der Waals surface area contributed by atoms with Crippen LogP contribution >= 0.6 is 0 Å². The molecule has 1 N–H and O–H groups in total. The third kappa shape index (κ3) is 3.41. The number of hydrogen-bond donors (Lipinski definition) is 1. The van der Waals surface area contributed by atoms with Gasteiger partial charge in [-0.15, -0.1) is 0 Å². The van der Waals surface area contributed by atoms with Crippen LogP contribution in [0.2, 0.25) is 0 Å². The van der Waals surface area contributed by atoms with Gasteiger partial charge >= 0.3 is 0 Å². The Kier molecular flexibility index (Phi) is 5.07. The quantitative estimate of drug-likeness (QED) is 0.714. The second kappa shape index (κ2) is 7.88. The molecule has 2 aliphatic heterocycles. The van der Waals surface area contributed by atoms with E-state index in [-0.39, 0.29) is 11.7 Å². The monoisotopic (exact) mass is 405 g/mol. The molecule has 1 amide bonds. The first-order valence-corrected chi connectivity index (χ1v) is 11.0. The highest BCUT2D eigenvalue weighted by Gasteiger charge is 2.26. The summed E-state index contributed by atoms with van der Waals surface area (Å²) in [5.41, 5.74) is 6.19. The van der Waals surface area contributed by atoms with Crippen LogP contribution in [0, 0.1) is 11.7 Å². The van der Waals surface area contributed by atoms with Gasteiger partial charge in [-0.25, -0.2) is 4.39 Å². The van der Waals surface area contributed by atoms with Crippen molar-refractivity contribution >= 4 is 16.8 Å². The lowest BCUT2D eigenvalue weighted by Crippen LogP contribution is -2.40. The van der Waals surface area contributed by atoms with Crippen LogP contribution in [0.5, 0.6) is 0 Å². The topological polar surface area (TPSA) is 37.3 Å². The third-order valence-corrected chi connectivity index (χ3v) is 6.79. The number of halogens is 1. The molecule has 30 heavy (non-hydrogen) atoms. The second-order valence-electron chi connectivity index (χ2n) is 8.69. The number of carbonyl (C=O) groups is 1. The van der Waals surface area contributed by atoms with Gasteiger partial charge in [-0.05, 0) is 66.6 Å². The molecule has 2 aliphatic rings. The van der Waals surface area contributed by atoms with Gasteiger partial charge in [0.05, 0.1) is 0 Å². The molecule has 1 unspecified atom stereocenters. The highest BCUT2D eigenvalue weighted by atomic mass is 19.1. The van der Waals surface area contributed by atoms with E-state index in [0.29, 0.717) is 11.5 Å². The lowest BCUT2D eigenvalue weighted by molar-refractivity contribution is 0.0673. The van der Waals surface area contributed by atoms with Gasteiger partial charge in [0, 0.05) is 61.8 Å². The number of nitrogens with zero attached hydrogens (tertiary/aromatic N) is 2. The number of rotatable bonds is 3. The van der Waals surface area contributed by atoms with E-state index in [4.69, 9.17) is 0 Å². The predicted octanol–water partition coefficient (Wildman–Crippen LogP) is 4.06.